The Morgan fingerprint density at radius 3 is 2.05 bits per heavy atom. The van der Waals surface area contributed by atoms with E-state index in [1.54, 1.807) is 7.11 Å². The van der Waals surface area contributed by atoms with Crippen LogP contribution in [0.2, 0.25) is 4.82 Å². The van der Waals surface area contributed by atoms with E-state index in [9.17, 15) is 4.79 Å². The summed E-state index contributed by atoms with van der Waals surface area (Å²) in [7, 11) is 3.06. The predicted octanol–water partition coefficient (Wildman–Crippen LogP) is 2.37. The van der Waals surface area contributed by atoms with Crippen LogP contribution in [0.4, 0.5) is 0 Å². The topological polar surface area (TPSA) is 35.5 Å². The van der Waals surface area contributed by atoms with E-state index < -0.39 is 0 Å². The Bertz CT molecular complexity index is 557. The van der Waals surface area contributed by atoms with Gasteiger partial charge in [0, 0.05) is 0 Å². The third kappa shape index (κ3) is 4.18. The van der Waals surface area contributed by atoms with E-state index in [1.807, 2.05) is 60.7 Å². The fourth-order valence-corrected chi connectivity index (χ4v) is 4.57. The number of rotatable bonds is 6. The summed E-state index contributed by atoms with van der Waals surface area (Å²) in [6.45, 7) is 0. The van der Waals surface area contributed by atoms with Crippen LogP contribution in [-0.2, 0) is 14.3 Å². The average molecular weight is 349 g/mol. The van der Waals surface area contributed by atoms with E-state index in [1.165, 1.54) is 7.11 Å². The molecule has 0 aliphatic carbocycles. The van der Waals surface area contributed by atoms with Crippen LogP contribution in [0.15, 0.2) is 60.7 Å². The van der Waals surface area contributed by atoms with Crippen molar-refractivity contribution in [3.8, 4) is 0 Å². The summed E-state index contributed by atoms with van der Waals surface area (Å²) < 4.78 is 11.7. The minimum absolute atomic E-state index is 0.0646. The molecule has 0 bridgehead atoms. The van der Waals surface area contributed by atoms with Crippen LogP contribution < -0.4 is 4.46 Å². The van der Waals surface area contributed by atoms with Crippen molar-refractivity contribution in [1.29, 1.82) is 0 Å². The molecule has 2 aromatic rings. The van der Waals surface area contributed by atoms with Crippen molar-refractivity contribution in [3.63, 3.8) is 0 Å². The Morgan fingerprint density at radius 1 is 0.952 bits per heavy atom. The molecule has 0 saturated heterocycles. The fraction of sp³-hybridized carbons (Fsp3) is 0.235. The van der Waals surface area contributed by atoms with E-state index >= 15 is 0 Å². The molecule has 0 aliphatic heterocycles. The Balaban J connectivity index is 2.28. The van der Waals surface area contributed by atoms with Gasteiger partial charge in [0.2, 0.25) is 0 Å². The molecule has 0 unspecified atom stereocenters. The van der Waals surface area contributed by atoms with Gasteiger partial charge in [-0.25, -0.2) is 0 Å². The van der Waals surface area contributed by atoms with Gasteiger partial charge in [-0.1, -0.05) is 0 Å². The molecule has 0 heterocycles. The summed E-state index contributed by atoms with van der Waals surface area (Å²) in [5, 5.41) is 0. The second-order valence-corrected chi connectivity index (χ2v) is 6.99. The van der Waals surface area contributed by atoms with Gasteiger partial charge in [-0.2, -0.15) is 0 Å². The molecule has 110 valence electrons. The van der Waals surface area contributed by atoms with Gasteiger partial charge >= 0.3 is 131 Å². The van der Waals surface area contributed by atoms with Crippen molar-refractivity contribution < 1.29 is 14.3 Å². The SMILES string of the molecule is COC(=O)[C@H]([Se]c1ccccc1)[C@H](OC)c1ccccc1. The molecule has 2 aromatic carbocycles. The molecule has 0 aliphatic rings. The monoisotopic (exact) mass is 350 g/mol. The van der Waals surface area contributed by atoms with Crippen molar-refractivity contribution in [2.24, 2.45) is 0 Å². The predicted molar refractivity (Wildman–Crippen MR) is 83.8 cm³/mol. The van der Waals surface area contributed by atoms with Crippen molar-refractivity contribution >= 4 is 25.4 Å². The van der Waals surface area contributed by atoms with E-state index in [2.05, 4.69) is 0 Å². The summed E-state index contributed by atoms with van der Waals surface area (Å²) in [6.07, 6.45) is -0.293. The van der Waals surface area contributed by atoms with Crippen LogP contribution in [0.3, 0.4) is 0 Å². The number of carbonyl (C=O) groups excluding carboxylic acids is 1. The summed E-state index contributed by atoms with van der Waals surface area (Å²) in [5.74, 6) is -0.227. The van der Waals surface area contributed by atoms with E-state index in [4.69, 9.17) is 9.47 Å². The normalized spacial score (nSPS) is 13.4. The Kier molecular flexibility index (Phi) is 6.00. The van der Waals surface area contributed by atoms with Crippen LogP contribution in [0.5, 0.6) is 0 Å². The van der Waals surface area contributed by atoms with Gasteiger partial charge in [-0.3, -0.25) is 0 Å². The maximum absolute atomic E-state index is 12.2. The molecule has 4 heteroatoms. The maximum atomic E-state index is 12.2. The summed E-state index contributed by atoms with van der Waals surface area (Å²) in [6, 6.07) is 19.8. The minimum atomic E-state index is -0.308. The number of ether oxygens (including phenoxy) is 2. The van der Waals surface area contributed by atoms with Crippen LogP contribution in [0.1, 0.15) is 11.7 Å². The van der Waals surface area contributed by atoms with E-state index in [-0.39, 0.29) is 31.8 Å². The van der Waals surface area contributed by atoms with Gasteiger partial charge < -0.3 is 0 Å². The molecule has 3 nitrogen and oxygen atoms in total. The van der Waals surface area contributed by atoms with Crippen LogP contribution in [0.25, 0.3) is 0 Å². The first kappa shape index (κ1) is 15.8. The van der Waals surface area contributed by atoms with Crippen LogP contribution in [0, 0.1) is 0 Å². The Labute approximate surface area is 131 Å². The number of hydrogen-bond acceptors (Lipinski definition) is 3. The molecule has 0 radical (unpaired) electrons. The number of carbonyl (C=O) groups is 1. The molecule has 21 heavy (non-hydrogen) atoms. The molecular formula is C17H18O3Se. The number of hydrogen-bond donors (Lipinski definition) is 0. The van der Waals surface area contributed by atoms with Crippen LogP contribution in [-0.4, -0.2) is 35.1 Å². The first-order valence-corrected chi connectivity index (χ1v) is 8.48. The van der Waals surface area contributed by atoms with Gasteiger partial charge in [0.1, 0.15) is 0 Å². The fourth-order valence-electron chi connectivity index (χ4n) is 2.07. The van der Waals surface area contributed by atoms with Gasteiger partial charge in [-0.15, -0.1) is 0 Å². The van der Waals surface area contributed by atoms with Crippen molar-refractivity contribution in [1.82, 2.24) is 0 Å². The van der Waals surface area contributed by atoms with Gasteiger partial charge in [0.25, 0.3) is 0 Å². The second kappa shape index (κ2) is 7.99. The van der Waals surface area contributed by atoms with E-state index in [0.717, 1.165) is 10.0 Å². The quantitative estimate of drug-likeness (QED) is 0.593. The van der Waals surface area contributed by atoms with Gasteiger partial charge in [0.05, 0.1) is 0 Å². The Morgan fingerprint density at radius 2 is 1.52 bits per heavy atom. The number of benzene rings is 2. The summed E-state index contributed by atoms with van der Waals surface area (Å²) in [4.78, 5) is 11.9. The molecule has 2 rings (SSSR count). The Hall–Kier alpha value is -1.61. The molecule has 0 N–H and O–H groups in total. The first-order chi connectivity index (χ1) is 10.3. The van der Waals surface area contributed by atoms with Gasteiger partial charge in [0.15, 0.2) is 0 Å². The molecule has 0 saturated carbocycles. The van der Waals surface area contributed by atoms with Crippen molar-refractivity contribution in [2.45, 2.75) is 10.9 Å². The summed E-state index contributed by atoms with van der Waals surface area (Å²) in [5.41, 5.74) is 0.994. The number of esters is 1. The standard InChI is InChI=1S/C17H18O3Se/c1-19-15(13-9-5-3-6-10-13)16(17(18)20-2)21-14-11-7-4-8-12-14/h3-12,15-16H,1-2H3/t15-,16-/m1/s1. The molecular weight excluding hydrogens is 331 g/mol. The molecule has 0 spiro atoms. The van der Waals surface area contributed by atoms with E-state index in [0.29, 0.717) is 0 Å². The van der Waals surface area contributed by atoms with Crippen molar-refractivity contribution in [3.05, 3.63) is 66.2 Å². The van der Waals surface area contributed by atoms with Crippen molar-refractivity contribution in [2.75, 3.05) is 14.2 Å². The van der Waals surface area contributed by atoms with Gasteiger partial charge in [-0.05, 0) is 0 Å². The second-order valence-electron chi connectivity index (χ2n) is 4.44. The average Bonchev–Trinajstić information content (AvgIpc) is 2.56. The zero-order chi connectivity index (χ0) is 15.1. The third-order valence-electron chi connectivity index (χ3n) is 3.10. The molecule has 2 atom stereocenters. The third-order valence-corrected chi connectivity index (χ3v) is 5.69. The zero-order valence-electron chi connectivity index (χ0n) is 12.1. The number of methoxy groups -OCH3 is 2. The molecule has 0 amide bonds. The summed E-state index contributed by atoms with van der Waals surface area (Å²) >= 11 is -0.0646. The zero-order valence-corrected chi connectivity index (χ0v) is 13.8. The molecule has 0 fully saturated rings. The van der Waals surface area contributed by atoms with Crippen LogP contribution >= 0.6 is 0 Å². The molecule has 0 aromatic heterocycles. The first-order valence-electron chi connectivity index (χ1n) is 6.63.